The van der Waals surface area contributed by atoms with Crippen LogP contribution in [0.4, 0.5) is 0 Å². The van der Waals surface area contributed by atoms with Crippen molar-refractivity contribution in [2.45, 2.75) is 19.9 Å². The van der Waals surface area contributed by atoms with E-state index in [1.165, 1.54) is 5.56 Å². The van der Waals surface area contributed by atoms with E-state index in [1.54, 1.807) is 0 Å². The molecule has 0 bridgehead atoms. The van der Waals surface area contributed by atoms with Crippen LogP contribution in [0.3, 0.4) is 0 Å². The number of halogens is 1. The summed E-state index contributed by atoms with van der Waals surface area (Å²) in [6, 6.07) is 11.8. The molecule has 1 aromatic carbocycles. The molecule has 0 spiro atoms. The number of benzene rings is 1. The molecule has 0 N–H and O–H groups in total. The van der Waals surface area contributed by atoms with Gasteiger partial charge in [-0.3, -0.25) is 9.69 Å². The third-order valence-electron chi connectivity index (χ3n) is 4.46. The Bertz CT molecular complexity index is 677. The summed E-state index contributed by atoms with van der Waals surface area (Å²) in [7, 11) is 0. The second kappa shape index (κ2) is 7.77. The molecule has 1 aliphatic rings. The number of pyridine rings is 1. The standard InChI is InChI=1S/C19H22ClN3O/c1-2-15-3-6-17(7-4-15)19(24)23-11-9-22(10-12-23)14-16-5-8-18(20)21-13-16/h3-8,13H,2,9-12,14H2,1H3. The van der Waals surface area contributed by atoms with Crippen LogP contribution in [0.2, 0.25) is 5.15 Å². The van der Waals surface area contributed by atoms with E-state index in [2.05, 4.69) is 16.8 Å². The molecule has 24 heavy (non-hydrogen) atoms. The summed E-state index contributed by atoms with van der Waals surface area (Å²) in [4.78, 5) is 21.0. The van der Waals surface area contributed by atoms with E-state index in [-0.39, 0.29) is 5.91 Å². The lowest BCUT2D eigenvalue weighted by Gasteiger charge is -2.34. The van der Waals surface area contributed by atoms with Crippen LogP contribution in [-0.4, -0.2) is 46.9 Å². The first-order valence-corrected chi connectivity index (χ1v) is 8.74. The van der Waals surface area contributed by atoms with Crippen LogP contribution < -0.4 is 0 Å². The molecule has 5 heteroatoms. The molecule has 2 heterocycles. The van der Waals surface area contributed by atoms with Crippen molar-refractivity contribution in [2.75, 3.05) is 26.2 Å². The molecule has 1 fully saturated rings. The number of amides is 1. The van der Waals surface area contributed by atoms with Gasteiger partial charge in [-0.15, -0.1) is 0 Å². The topological polar surface area (TPSA) is 36.4 Å². The molecule has 4 nitrogen and oxygen atoms in total. The van der Waals surface area contributed by atoms with E-state index in [0.29, 0.717) is 5.15 Å². The summed E-state index contributed by atoms with van der Waals surface area (Å²) >= 11 is 5.82. The van der Waals surface area contributed by atoms with E-state index in [9.17, 15) is 4.79 Å². The van der Waals surface area contributed by atoms with Gasteiger partial charge in [0.25, 0.3) is 5.91 Å². The van der Waals surface area contributed by atoms with Gasteiger partial charge in [-0.1, -0.05) is 36.7 Å². The lowest BCUT2D eigenvalue weighted by molar-refractivity contribution is 0.0628. The number of carbonyl (C=O) groups is 1. The number of aromatic nitrogens is 1. The van der Waals surface area contributed by atoms with Gasteiger partial charge in [0.05, 0.1) is 0 Å². The van der Waals surface area contributed by atoms with Gasteiger partial charge in [0.15, 0.2) is 0 Å². The molecule has 3 rings (SSSR count). The van der Waals surface area contributed by atoms with E-state index >= 15 is 0 Å². The smallest absolute Gasteiger partial charge is 0.253 e. The highest BCUT2D eigenvalue weighted by Crippen LogP contribution is 2.13. The van der Waals surface area contributed by atoms with Crippen LogP contribution in [0.5, 0.6) is 0 Å². The first kappa shape index (κ1) is 16.9. The Balaban J connectivity index is 1.54. The SMILES string of the molecule is CCc1ccc(C(=O)N2CCN(Cc3ccc(Cl)nc3)CC2)cc1. The van der Waals surface area contributed by atoms with Crippen LogP contribution in [0.25, 0.3) is 0 Å². The summed E-state index contributed by atoms with van der Waals surface area (Å²) in [5.74, 6) is 0.130. The fourth-order valence-electron chi connectivity index (χ4n) is 2.93. The van der Waals surface area contributed by atoms with Crippen molar-refractivity contribution in [3.8, 4) is 0 Å². The van der Waals surface area contributed by atoms with Gasteiger partial charge in [0.2, 0.25) is 0 Å². The highest BCUT2D eigenvalue weighted by Gasteiger charge is 2.22. The Hall–Kier alpha value is -1.91. The molecule has 0 radical (unpaired) electrons. The highest BCUT2D eigenvalue weighted by atomic mass is 35.5. The van der Waals surface area contributed by atoms with Crippen LogP contribution in [-0.2, 0) is 13.0 Å². The number of aryl methyl sites for hydroxylation is 1. The highest BCUT2D eigenvalue weighted by molar-refractivity contribution is 6.29. The second-order valence-electron chi connectivity index (χ2n) is 6.11. The molecule has 1 saturated heterocycles. The molecule has 1 aliphatic heterocycles. The molecule has 2 aromatic rings. The molecular formula is C19H22ClN3O. The summed E-state index contributed by atoms with van der Waals surface area (Å²) in [5, 5.41) is 0.517. The van der Waals surface area contributed by atoms with Gasteiger partial charge in [-0.05, 0) is 35.7 Å². The average Bonchev–Trinajstić information content (AvgIpc) is 2.64. The van der Waals surface area contributed by atoms with Crippen molar-refractivity contribution in [3.63, 3.8) is 0 Å². The summed E-state index contributed by atoms with van der Waals surface area (Å²) < 4.78 is 0. The number of hydrogen-bond acceptors (Lipinski definition) is 3. The van der Waals surface area contributed by atoms with E-state index in [1.807, 2.05) is 47.5 Å². The molecule has 0 aliphatic carbocycles. The molecule has 1 amide bonds. The number of piperazine rings is 1. The number of rotatable bonds is 4. The van der Waals surface area contributed by atoms with E-state index in [0.717, 1.165) is 50.3 Å². The first-order valence-electron chi connectivity index (χ1n) is 8.36. The maximum Gasteiger partial charge on any atom is 0.253 e. The van der Waals surface area contributed by atoms with Crippen molar-refractivity contribution in [3.05, 3.63) is 64.4 Å². The van der Waals surface area contributed by atoms with Gasteiger partial charge < -0.3 is 4.90 Å². The van der Waals surface area contributed by atoms with Crippen LogP contribution >= 0.6 is 11.6 Å². The molecular weight excluding hydrogens is 322 g/mol. The zero-order valence-electron chi connectivity index (χ0n) is 13.9. The van der Waals surface area contributed by atoms with E-state index in [4.69, 9.17) is 11.6 Å². The molecule has 126 valence electrons. The van der Waals surface area contributed by atoms with Gasteiger partial charge >= 0.3 is 0 Å². The quantitative estimate of drug-likeness (QED) is 0.799. The molecule has 0 saturated carbocycles. The number of hydrogen-bond donors (Lipinski definition) is 0. The number of nitrogens with zero attached hydrogens (tertiary/aromatic N) is 3. The van der Waals surface area contributed by atoms with Crippen LogP contribution in [0.15, 0.2) is 42.6 Å². The zero-order valence-corrected chi connectivity index (χ0v) is 14.7. The van der Waals surface area contributed by atoms with Crippen molar-refractivity contribution in [1.29, 1.82) is 0 Å². The van der Waals surface area contributed by atoms with Gasteiger partial charge in [-0.25, -0.2) is 4.98 Å². The predicted octanol–water partition coefficient (Wildman–Crippen LogP) is 3.26. The zero-order chi connectivity index (χ0) is 16.9. The lowest BCUT2D eigenvalue weighted by atomic mass is 10.1. The van der Waals surface area contributed by atoms with Crippen LogP contribution in [0.1, 0.15) is 28.4 Å². The Labute approximate surface area is 148 Å². The monoisotopic (exact) mass is 343 g/mol. The van der Waals surface area contributed by atoms with Gasteiger partial charge in [0.1, 0.15) is 5.15 Å². The summed E-state index contributed by atoms with van der Waals surface area (Å²) in [5.41, 5.74) is 3.19. The lowest BCUT2D eigenvalue weighted by Crippen LogP contribution is -2.48. The first-order chi connectivity index (χ1) is 11.7. The number of carbonyl (C=O) groups excluding carboxylic acids is 1. The minimum absolute atomic E-state index is 0.130. The molecule has 0 atom stereocenters. The maximum atomic E-state index is 12.6. The third-order valence-corrected chi connectivity index (χ3v) is 4.69. The van der Waals surface area contributed by atoms with E-state index < -0.39 is 0 Å². The largest absolute Gasteiger partial charge is 0.336 e. The van der Waals surface area contributed by atoms with Crippen molar-refractivity contribution >= 4 is 17.5 Å². The van der Waals surface area contributed by atoms with Crippen molar-refractivity contribution in [2.24, 2.45) is 0 Å². The minimum atomic E-state index is 0.130. The van der Waals surface area contributed by atoms with Crippen molar-refractivity contribution < 1.29 is 4.79 Å². The predicted molar refractivity (Wildman–Crippen MR) is 96.2 cm³/mol. The van der Waals surface area contributed by atoms with Crippen molar-refractivity contribution in [1.82, 2.24) is 14.8 Å². The minimum Gasteiger partial charge on any atom is -0.336 e. The fourth-order valence-corrected chi connectivity index (χ4v) is 3.04. The molecule has 0 unspecified atom stereocenters. The average molecular weight is 344 g/mol. The Morgan fingerprint density at radius 2 is 1.71 bits per heavy atom. The second-order valence-corrected chi connectivity index (χ2v) is 6.50. The van der Waals surface area contributed by atoms with Crippen LogP contribution in [0, 0.1) is 0 Å². The van der Waals surface area contributed by atoms with Gasteiger partial charge in [0, 0.05) is 44.5 Å². The summed E-state index contributed by atoms with van der Waals surface area (Å²) in [6.07, 6.45) is 2.81. The Morgan fingerprint density at radius 1 is 1.04 bits per heavy atom. The Morgan fingerprint density at radius 3 is 2.29 bits per heavy atom. The summed E-state index contributed by atoms with van der Waals surface area (Å²) in [6.45, 7) is 6.23. The maximum absolute atomic E-state index is 12.6. The third kappa shape index (κ3) is 4.13. The normalized spacial score (nSPS) is 15.5. The Kier molecular flexibility index (Phi) is 5.48. The molecule has 1 aromatic heterocycles. The van der Waals surface area contributed by atoms with Gasteiger partial charge in [-0.2, -0.15) is 0 Å². The fraction of sp³-hybridized carbons (Fsp3) is 0.368.